The van der Waals surface area contributed by atoms with Gasteiger partial charge in [0.15, 0.2) is 11.5 Å². The fourth-order valence-electron chi connectivity index (χ4n) is 2.68. The van der Waals surface area contributed by atoms with Gasteiger partial charge in [0.25, 0.3) is 5.56 Å². The molecule has 0 spiro atoms. The Hall–Kier alpha value is -2.89. The van der Waals surface area contributed by atoms with E-state index < -0.39 is 0 Å². The Morgan fingerprint density at radius 1 is 1.12 bits per heavy atom. The normalized spacial score (nSPS) is 12.2. The van der Waals surface area contributed by atoms with E-state index in [1.54, 1.807) is 30.1 Å². The molecule has 0 saturated heterocycles. The van der Waals surface area contributed by atoms with E-state index in [4.69, 9.17) is 9.47 Å². The molecule has 0 N–H and O–H groups in total. The number of nitrogens with zero attached hydrogens (tertiary/aromatic N) is 3. The fourth-order valence-corrected chi connectivity index (χ4v) is 2.68. The van der Waals surface area contributed by atoms with Gasteiger partial charge in [-0.1, -0.05) is 6.07 Å². The summed E-state index contributed by atoms with van der Waals surface area (Å²) in [5, 5.41) is 0.481. The molecule has 6 heteroatoms. The Balaban J connectivity index is 2.16. The highest BCUT2D eigenvalue weighted by atomic mass is 16.5. The molecule has 2 heterocycles. The van der Waals surface area contributed by atoms with E-state index in [1.807, 2.05) is 32.0 Å². The number of pyridine rings is 1. The molecule has 0 bridgehead atoms. The molecule has 0 saturated carbocycles. The van der Waals surface area contributed by atoms with Gasteiger partial charge < -0.3 is 9.47 Å². The summed E-state index contributed by atoms with van der Waals surface area (Å²) in [6.45, 7) is 3.85. The summed E-state index contributed by atoms with van der Waals surface area (Å²) in [5.41, 5.74) is 2.15. The number of fused-ring (bicyclic) bond motifs is 1. The first-order valence-corrected chi connectivity index (χ1v) is 7.61. The molecule has 1 unspecified atom stereocenters. The van der Waals surface area contributed by atoms with Crippen molar-refractivity contribution < 1.29 is 9.47 Å². The monoisotopic (exact) mass is 325 g/mol. The minimum absolute atomic E-state index is 0.142. The average molecular weight is 325 g/mol. The van der Waals surface area contributed by atoms with Crippen LogP contribution in [-0.2, 0) is 0 Å². The van der Waals surface area contributed by atoms with Crippen molar-refractivity contribution in [3.63, 3.8) is 0 Å². The molecule has 2 aromatic heterocycles. The van der Waals surface area contributed by atoms with E-state index >= 15 is 0 Å². The number of benzene rings is 1. The summed E-state index contributed by atoms with van der Waals surface area (Å²) >= 11 is 0. The zero-order valence-corrected chi connectivity index (χ0v) is 14.1. The van der Waals surface area contributed by atoms with Crippen molar-refractivity contribution in [3.05, 3.63) is 58.4 Å². The van der Waals surface area contributed by atoms with Gasteiger partial charge in [0, 0.05) is 11.8 Å². The number of methoxy groups -OCH3 is 2. The van der Waals surface area contributed by atoms with Gasteiger partial charge in [-0.05, 0) is 32.0 Å². The second-order valence-electron chi connectivity index (χ2n) is 5.56. The second-order valence-corrected chi connectivity index (χ2v) is 5.56. The van der Waals surface area contributed by atoms with Gasteiger partial charge in [-0.15, -0.1) is 0 Å². The molecular weight excluding hydrogens is 306 g/mol. The highest BCUT2D eigenvalue weighted by molar-refractivity contribution is 5.81. The Kier molecular flexibility index (Phi) is 4.20. The third-order valence-corrected chi connectivity index (χ3v) is 4.04. The van der Waals surface area contributed by atoms with Crippen LogP contribution in [-0.4, -0.2) is 28.8 Å². The quantitative estimate of drug-likeness (QED) is 0.738. The van der Waals surface area contributed by atoms with Crippen LogP contribution in [0.2, 0.25) is 0 Å². The van der Waals surface area contributed by atoms with Gasteiger partial charge in [-0.2, -0.15) is 0 Å². The van der Waals surface area contributed by atoms with E-state index in [2.05, 4.69) is 9.97 Å². The molecule has 0 fully saturated rings. The lowest BCUT2D eigenvalue weighted by molar-refractivity contribution is 0.355. The molecule has 0 aliphatic carbocycles. The molecule has 1 atom stereocenters. The molecule has 1 aromatic carbocycles. The third-order valence-electron chi connectivity index (χ3n) is 4.04. The summed E-state index contributed by atoms with van der Waals surface area (Å²) in [6, 6.07) is 8.91. The standard InChI is InChI=1S/C18H19N3O3/c1-11-6-5-7-14(20-11)12(2)21-10-19-15-9-17(24-4)16(23-3)8-13(15)18(21)22/h5-10,12H,1-4H3. The number of rotatable bonds is 4. The average Bonchev–Trinajstić information content (AvgIpc) is 2.60. The Bertz CT molecular complexity index is 950. The van der Waals surface area contributed by atoms with Crippen LogP contribution in [0, 0.1) is 6.92 Å². The highest BCUT2D eigenvalue weighted by Crippen LogP contribution is 2.30. The van der Waals surface area contributed by atoms with Crippen LogP contribution in [0.5, 0.6) is 11.5 Å². The van der Waals surface area contributed by atoms with Crippen LogP contribution in [0.15, 0.2) is 41.5 Å². The molecule has 0 aliphatic heterocycles. The van der Waals surface area contributed by atoms with Crippen molar-refractivity contribution in [3.8, 4) is 11.5 Å². The zero-order chi connectivity index (χ0) is 17.3. The Morgan fingerprint density at radius 2 is 1.83 bits per heavy atom. The summed E-state index contributed by atoms with van der Waals surface area (Å²) in [5.74, 6) is 1.05. The summed E-state index contributed by atoms with van der Waals surface area (Å²) in [6.07, 6.45) is 1.55. The van der Waals surface area contributed by atoms with Crippen LogP contribution in [0.4, 0.5) is 0 Å². The maximum Gasteiger partial charge on any atom is 0.261 e. The predicted molar refractivity (Wildman–Crippen MR) is 91.9 cm³/mol. The van der Waals surface area contributed by atoms with Crippen LogP contribution in [0.3, 0.4) is 0 Å². The van der Waals surface area contributed by atoms with Gasteiger partial charge in [0.05, 0.1) is 43.2 Å². The molecule has 3 rings (SSSR count). The first kappa shape index (κ1) is 16.0. The largest absolute Gasteiger partial charge is 0.493 e. The minimum Gasteiger partial charge on any atom is -0.493 e. The number of aryl methyl sites for hydroxylation is 1. The van der Waals surface area contributed by atoms with Gasteiger partial charge in [0.2, 0.25) is 0 Å². The molecular formula is C18H19N3O3. The molecule has 0 amide bonds. The van der Waals surface area contributed by atoms with Crippen LogP contribution >= 0.6 is 0 Å². The van der Waals surface area contributed by atoms with Gasteiger partial charge in [0.1, 0.15) is 0 Å². The van der Waals surface area contributed by atoms with Crippen molar-refractivity contribution >= 4 is 10.9 Å². The maximum atomic E-state index is 12.9. The van der Waals surface area contributed by atoms with Crippen LogP contribution < -0.4 is 15.0 Å². The smallest absolute Gasteiger partial charge is 0.261 e. The van der Waals surface area contributed by atoms with Crippen LogP contribution in [0.25, 0.3) is 10.9 Å². The highest BCUT2D eigenvalue weighted by Gasteiger charge is 2.15. The Labute approximate surface area is 139 Å². The number of ether oxygens (including phenoxy) is 2. The van der Waals surface area contributed by atoms with Crippen molar-refractivity contribution in [1.82, 2.24) is 14.5 Å². The van der Waals surface area contributed by atoms with E-state index in [9.17, 15) is 4.79 Å². The second kappa shape index (κ2) is 6.31. The molecule has 6 nitrogen and oxygen atoms in total. The van der Waals surface area contributed by atoms with E-state index in [0.29, 0.717) is 22.4 Å². The number of hydrogen-bond acceptors (Lipinski definition) is 5. The van der Waals surface area contributed by atoms with E-state index in [0.717, 1.165) is 11.4 Å². The van der Waals surface area contributed by atoms with E-state index in [-0.39, 0.29) is 11.6 Å². The summed E-state index contributed by atoms with van der Waals surface area (Å²) in [7, 11) is 3.09. The van der Waals surface area contributed by atoms with E-state index in [1.165, 1.54) is 7.11 Å². The molecule has 24 heavy (non-hydrogen) atoms. The van der Waals surface area contributed by atoms with Gasteiger partial charge in [-0.3, -0.25) is 14.3 Å². The predicted octanol–water partition coefficient (Wildman–Crippen LogP) is 2.73. The van der Waals surface area contributed by atoms with Crippen molar-refractivity contribution in [2.45, 2.75) is 19.9 Å². The topological polar surface area (TPSA) is 66.2 Å². The molecule has 3 aromatic rings. The third kappa shape index (κ3) is 2.71. The van der Waals surface area contributed by atoms with Crippen molar-refractivity contribution in [2.24, 2.45) is 0 Å². The fraction of sp³-hybridized carbons (Fsp3) is 0.278. The molecule has 0 radical (unpaired) electrons. The summed E-state index contributed by atoms with van der Waals surface area (Å²) in [4.78, 5) is 21.8. The van der Waals surface area contributed by atoms with Crippen LogP contribution in [0.1, 0.15) is 24.4 Å². The lowest BCUT2D eigenvalue weighted by Gasteiger charge is -2.16. The molecule has 124 valence electrons. The van der Waals surface area contributed by atoms with Gasteiger partial charge >= 0.3 is 0 Å². The summed E-state index contributed by atoms with van der Waals surface area (Å²) < 4.78 is 12.1. The zero-order valence-electron chi connectivity index (χ0n) is 14.1. The number of hydrogen-bond donors (Lipinski definition) is 0. The lowest BCUT2D eigenvalue weighted by atomic mass is 10.1. The Morgan fingerprint density at radius 3 is 2.50 bits per heavy atom. The van der Waals surface area contributed by atoms with Gasteiger partial charge in [-0.25, -0.2) is 4.98 Å². The maximum absolute atomic E-state index is 12.9. The van der Waals surface area contributed by atoms with Crippen molar-refractivity contribution in [1.29, 1.82) is 0 Å². The lowest BCUT2D eigenvalue weighted by Crippen LogP contribution is -2.25. The number of aromatic nitrogens is 3. The molecule has 0 aliphatic rings. The SMILES string of the molecule is COc1cc2ncn(C(C)c3cccc(C)n3)c(=O)c2cc1OC. The first-order valence-electron chi connectivity index (χ1n) is 7.61. The van der Waals surface area contributed by atoms with Crippen molar-refractivity contribution in [2.75, 3.05) is 14.2 Å². The minimum atomic E-state index is -0.220. The first-order chi connectivity index (χ1) is 11.5.